The summed E-state index contributed by atoms with van der Waals surface area (Å²) in [6, 6.07) is 0. The van der Waals surface area contributed by atoms with Gasteiger partial charge in [0, 0.05) is 17.1 Å². The average Bonchev–Trinajstić information content (AvgIpc) is 2.15. The lowest BCUT2D eigenvalue weighted by Crippen LogP contribution is -2.25. The second-order valence-electron chi connectivity index (χ2n) is 5.02. The Bertz CT molecular complexity index is 358. The molecule has 96 valence electrons. The predicted octanol–water partition coefficient (Wildman–Crippen LogP) is 2.71. The second-order valence-corrected chi connectivity index (χ2v) is 5.02. The molecular weight excluding hydrogens is 220 g/mol. The summed E-state index contributed by atoms with van der Waals surface area (Å²) < 4.78 is 0. The van der Waals surface area contributed by atoms with Gasteiger partial charge in [-0.1, -0.05) is 40.3 Å². The highest BCUT2D eigenvalue weighted by Gasteiger charge is 2.29. The van der Waals surface area contributed by atoms with Crippen LogP contribution in [0.5, 0.6) is 0 Å². The van der Waals surface area contributed by atoms with Crippen LogP contribution in [0.15, 0.2) is 23.8 Å². The maximum absolute atomic E-state index is 11.0. The molecule has 0 aromatic heterocycles. The van der Waals surface area contributed by atoms with Gasteiger partial charge >= 0.3 is 11.9 Å². The van der Waals surface area contributed by atoms with Gasteiger partial charge in [-0.2, -0.15) is 0 Å². The van der Waals surface area contributed by atoms with Crippen molar-refractivity contribution in [3.05, 3.63) is 23.8 Å². The molecule has 0 aliphatic carbocycles. The van der Waals surface area contributed by atoms with Crippen LogP contribution in [0.4, 0.5) is 0 Å². The van der Waals surface area contributed by atoms with Crippen molar-refractivity contribution in [1.82, 2.24) is 0 Å². The summed E-state index contributed by atoms with van der Waals surface area (Å²) in [5.74, 6) is -2.60. The number of aliphatic carboxylic acids is 2. The fourth-order valence-corrected chi connectivity index (χ4v) is 1.55. The Balaban J connectivity index is 5.43. The molecule has 17 heavy (non-hydrogen) atoms. The van der Waals surface area contributed by atoms with Gasteiger partial charge in [0.05, 0.1) is 0 Å². The molecule has 0 aromatic carbocycles. The summed E-state index contributed by atoms with van der Waals surface area (Å²) in [4.78, 5) is 21.9. The summed E-state index contributed by atoms with van der Waals surface area (Å²) in [5.41, 5.74) is -0.150. The van der Waals surface area contributed by atoms with E-state index in [0.29, 0.717) is 6.42 Å². The smallest absolute Gasteiger partial charge is 0.331 e. The summed E-state index contributed by atoms with van der Waals surface area (Å²) in [6.45, 7) is 10.8. The zero-order valence-corrected chi connectivity index (χ0v) is 10.8. The zero-order valence-electron chi connectivity index (χ0n) is 10.8. The topological polar surface area (TPSA) is 74.6 Å². The highest BCUT2D eigenvalue weighted by atomic mass is 16.4. The molecule has 0 amide bonds. The van der Waals surface area contributed by atoms with Crippen LogP contribution in [0.2, 0.25) is 0 Å². The Labute approximate surface area is 102 Å². The maximum Gasteiger partial charge on any atom is 0.331 e. The molecule has 4 nitrogen and oxygen atoms in total. The third-order valence-electron chi connectivity index (χ3n) is 2.61. The molecule has 1 unspecified atom stereocenters. The standard InChI is InChI=1S/C13H20O4/c1-6-9(12(16)17)7-10(13(3,4)5)8(2)11(14)15/h7,10H,2,6H2,1,3-5H3,(H,14,15)(H,16,17). The van der Waals surface area contributed by atoms with Gasteiger partial charge in [0.2, 0.25) is 0 Å². The van der Waals surface area contributed by atoms with E-state index >= 15 is 0 Å². The fraction of sp³-hybridized carbons (Fsp3) is 0.538. The molecular formula is C13H20O4. The van der Waals surface area contributed by atoms with Crippen molar-refractivity contribution in [2.45, 2.75) is 34.1 Å². The maximum atomic E-state index is 11.0. The van der Waals surface area contributed by atoms with Gasteiger partial charge in [0.25, 0.3) is 0 Å². The van der Waals surface area contributed by atoms with E-state index in [9.17, 15) is 9.59 Å². The average molecular weight is 240 g/mol. The summed E-state index contributed by atoms with van der Waals surface area (Å²) in [6.07, 6.45) is 1.85. The first-order valence-corrected chi connectivity index (χ1v) is 5.47. The SMILES string of the molecule is C=C(C(=O)O)C(C=C(CC)C(=O)O)C(C)(C)C. The van der Waals surface area contributed by atoms with Crippen LogP contribution in [0.1, 0.15) is 34.1 Å². The molecule has 1 atom stereocenters. The molecule has 0 radical (unpaired) electrons. The van der Waals surface area contributed by atoms with E-state index in [1.54, 1.807) is 6.92 Å². The molecule has 0 aliphatic rings. The van der Waals surface area contributed by atoms with Crippen molar-refractivity contribution in [3.8, 4) is 0 Å². The zero-order chi connectivity index (χ0) is 13.8. The molecule has 4 heteroatoms. The first kappa shape index (κ1) is 15.4. The Morgan fingerprint density at radius 1 is 1.24 bits per heavy atom. The van der Waals surface area contributed by atoms with E-state index in [4.69, 9.17) is 10.2 Å². The summed E-state index contributed by atoms with van der Waals surface area (Å²) >= 11 is 0. The van der Waals surface area contributed by atoms with E-state index in [1.165, 1.54) is 6.08 Å². The first-order valence-electron chi connectivity index (χ1n) is 5.47. The lowest BCUT2D eigenvalue weighted by molar-refractivity contribution is -0.134. The van der Waals surface area contributed by atoms with Crippen LogP contribution in [0.25, 0.3) is 0 Å². The van der Waals surface area contributed by atoms with Crippen molar-refractivity contribution in [2.75, 3.05) is 0 Å². The van der Waals surface area contributed by atoms with Gasteiger partial charge < -0.3 is 10.2 Å². The van der Waals surface area contributed by atoms with Gasteiger partial charge in [-0.05, 0) is 11.8 Å². The number of carboxylic acids is 2. The van der Waals surface area contributed by atoms with Crippen molar-refractivity contribution in [1.29, 1.82) is 0 Å². The largest absolute Gasteiger partial charge is 0.478 e. The molecule has 0 spiro atoms. The van der Waals surface area contributed by atoms with E-state index in [2.05, 4.69) is 6.58 Å². The van der Waals surface area contributed by atoms with Crippen LogP contribution in [0, 0.1) is 11.3 Å². The van der Waals surface area contributed by atoms with Crippen LogP contribution in [0.3, 0.4) is 0 Å². The van der Waals surface area contributed by atoms with Crippen molar-refractivity contribution < 1.29 is 19.8 Å². The number of hydrogen-bond acceptors (Lipinski definition) is 2. The summed E-state index contributed by atoms with van der Waals surface area (Å²) in [7, 11) is 0. The molecule has 0 heterocycles. The molecule has 0 bridgehead atoms. The summed E-state index contributed by atoms with van der Waals surface area (Å²) in [5, 5.41) is 17.9. The Hall–Kier alpha value is -1.58. The number of rotatable bonds is 5. The molecule has 0 saturated heterocycles. The van der Waals surface area contributed by atoms with Crippen molar-refractivity contribution in [2.24, 2.45) is 11.3 Å². The molecule has 0 aliphatic heterocycles. The number of allylic oxidation sites excluding steroid dienone is 1. The van der Waals surface area contributed by atoms with Crippen LogP contribution in [-0.4, -0.2) is 22.2 Å². The van der Waals surface area contributed by atoms with E-state index < -0.39 is 17.9 Å². The van der Waals surface area contributed by atoms with E-state index in [1.807, 2.05) is 20.8 Å². The number of carbonyl (C=O) groups is 2. The molecule has 2 N–H and O–H groups in total. The lowest BCUT2D eigenvalue weighted by atomic mass is 9.75. The fourth-order valence-electron chi connectivity index (χ4n) is 1.55. The normalized spacial score (nSPS) is 14.2. The van der Waals surface area contributed by atoms with Gasteiger partial charge in [-0.3, -0.25) is 0 Å². The minimum atomic E-state index is -1.10. The van der Waals surface area contributed by atoms with Crippen LogP contribution >= 0.6 is 0 Å². The Kier molecular flexibility index (Phi) is 5.13. The van der Waals surface area contributed by atoms with Crippen molar-refractivity contribution in [3.63, 3.8) is 0 Å². The third-order valence-corrected chi connectivity index (χ3v) is 2.61. The molecule has 0 saturated carbocycles. The quantitative estimate of drug-likeness (QED) is 0.724. The van der Waals surface area contributed by atoms with Crippen molar-refractivity contribution >= 4 is 11.9 Å². The molecule has 0 rings (SSSR count). The minimum absolute atomic E-state index is 0.0182. The predicted molar refractivity (Wildman–Crippen MR) is 65.7 cm³/mol. The Morgan fingerprint density at radius 3 is 1.94 bits per heavy atom. The van der Waals surface area contributed by atoms with Gasteiger partial charge in [0.1, 0.15) is 0 Å². The number of hydrogen-bond donors (Lipinski definition) is 2. The first-order chi connectivity index (χ1) is 7.61. The highest BCUT2D eigenvalue weighted by Crippen LogP contribution is 2.33. The third kappa shape index (κ3) is 4.43. The highest BCUT2D eigenvalue weighted by molar-refractivity contribution is 5.89. The van der Waals surface area contributed by atoms with Crippen LogP contribution < -0.4 is 0 Å². The monoisotopic (exact) mass is 240 g/mol. The van der Waals surface area contributed by atoms with E-state index in [0.717, 1.165) is 0 Å². The van der Waals surface area contributed by atoms with Gasteiger partial charge in [-0.25, -0.2) is 9.59 Å². The van der Waals surface area contributed by atoms with E-state index in [-0.39, 0.29) is 16.6 Å². The van der Waals surface area contributed by atoms with Gasteiger partial charge in [0.15, 0.2) is 0 Å². The molecule has 0 aromatic rings. The minimum Gasteiger partial charge on any atom is -0.478 e. The molecule has 0 fully saturated rings. The Morgan fingerprint density at radius 2 is 1.71 bits per heavy atom. The van der Waals surface area contributed by atoms with Gasteiger partial charge in [-0.15, -0.1) is 0 Å². The number of carboxylic acid groups (broad SMARTS) is 2. The van der Waals surface area contributed by atoms with Crippen LogP contribution in [-0.2, 0) is 9.59 Å². The lowest BCUT2D eigenvalue weighted by Gasteiger charge is -2.28. The second kappa shape index (κ2) is 5.66.